The number of sulfonamides is 1. The molecule has 1 aromatic rings. The lowest BCUT2D eigenvalue weighted by Crippen LogP contribution is -2.40. The van der Waals surface area contributed by atoms with Gasteiger partial charge in [0.05, 0.1) is 5.75 Å². The number of nitrogens with one attached hydrogen (secondary N) is 2. The van der Waals surface area contributed by atoms with Crippen molar-refractivity contribution in [3.8, 4) is 0 Å². The number of aryl methyl sites for hydroxylation is 2. The average Bonchev–Trinajstić information content (AvgIpc) is 2.27. The summed E-state index contributed by atoms with van der Waals surface area (Å²) in [6.45, 7) is 4.85. The minimum Gasteiger partial charge on any atom is -0.313 e. The lowest BCUT2D eigenvalue weighted by molar-refractivity contribution is 0.424. The van der Waals surface area contributed by atoms with Gasteiger partial charge in [0.25, 0.3) is 0 Å². The van der Waals surface area contributed by atoms with Gasteiger partial charge in [-0.1, -0.05) is 12.5 Å². The molecule has 5 heteroatoms. The van der Waals surface area contributed by atoms with Crippen molar-refractivity contribution in [2.45, 2.75) is 39.2 Å². The van der Waals surface area contributed by atoms with Crippen molar-refractivity contribution in [1.29, 1.82) is 0 Å². The van der Waals surface area contributed by atoms with Crippen molar-refractivity contribution in [2.75, 3.05) is 17.0 Å². The van der Waals surface area contributed by atoms with Gasteiger partial charge in [-0.2, -0.15) is 0 Å². The van der Waals surface area contributed by atoms with E-state index in [-0.39, 0.29) is 11.8 Å². The van der Waals surface area contributed by atoms with Gasteiger partial charge >= 0.3 is 0 Å². The van der Waals surface area contributed by atoms with Crippen LogP contribution in [0.3, 0.4) is 0 Å². The molecule has 1 atom stereocenters. The van der Waals surface area contributed by atoms with Crippen LogP contribution in [-0.2, 0) is 10.0 Å². The van der Waals surface area contributed by atoms with Crippen LogP contribution in [0.5, 0.6) is 0 Å². The summed E-state index contributed by atoms with van der Waals surface area (Å²) < 4.78 is 27.0. The molecule has 0 aromatic heterocycles. The Labute approximate surface area is 115 Å². The van der Waals surface area contributed by atoms with Crippen molar-refractivity contribution >= 4 is 15.7 Å². The SMILES string of the molecule is Cc1cc(C)cc(NS(=O)(=O)CC2CCCCN2)c1. The number of hydrogen-bond donors (Lipinski definition) is 2. The van der Waals surface area contributed by atoms with E-state index in [4.69, 9.17) is 0 Å². The summed E-state index contributed by atoms with van der Waals surface area (Å²) >= 11 is 0. The molecule has 2 rings (SSSR count). The van der Waals surface area contributed by atoms with Crippen molar-refractivity contribution in [3.05, 3.63) is 29.3 Å². The molecule has 1 unspecified atom stereocenters. The first-order valence-electron chi connectivity index (χ1n) is 6.77. The normalized spacial score (nSPS) is 20.2. The van der Waals surface area contributed by atoms with Crippen molar-refractivity contribution in [2.24, 2.45) is 0 Å². The molecular weight excluding hydrogens is 260 g/mol. The molecule has 1 aliphatic heterocycles. The Morgan fingerprint density at radius 1 is 1.21 bits per heavy atom. The van der Waals surface area contributed by atoms with E-state index in [0.717, 1.165) is 36.9 Å². The first-order valence-corrected chi connectivity index (χ1v) is 8.42. The Hall–Kier alpha value is -1.07. The molecular formula is C14H22N2O2S. The van der Waals surface area contributed by atoms with Gasteiger partial charge < -0.3 is 5.32 Å². The zero-order valence-electron chi connectivity index (χ0n) is 11.6. The van der Waals surface area contributed by atoms with Gasteiger partial charge in [-0.05, 0) is 56.5 Å². The molecule has 0 radical (unpaired) electrons. The van der Waals surface area contributed by atoms with E-state index in [1.807, 2.05) is 32.0 Å². The topological polar surface area (TPSA) is 58.2 Å². The Morgan fingerprint density at radius 3 is 2.47 bits per heavy atom. The number of rotatable bonds is 4. The van der Waals surface area contributed by atoms with E-state index in [1.54, 1.807) is 0 Å². The highest BCUT2D eigenvalue weighted by molar-refractivity contribution is 7.92. The molecule has 1 aromatic carbocycles. The van der Waals surface area contributed by atoms with Crippen LogP contribution < -0.4 is 10.0 Å². The third kappa shape index (κ3) is 4.51. The largest absolute Gasteiger partial charge is 0.313 e. The third-order valence-electron chi connectivity index (χ3n) is 3.33. The Bertz CT molecular complexity index is 514. The minimum atomic E-state index is -3.28. The van der Waals surface area contributed by atoms with E-state index in [9.17, 15) is 8.42 Å². The summed E-state index contributed by atoms with van der Waals surface area (Å²) in [5, 5.41) is 3.26. The van der Waals surface area contributed by atoms with E-state index < -0.39 is 10.0 Å². The minimum absolute atomic E-state index is 0.0807. The fourth-order valence-corrected chi connectivity index (χ4v) is 3.96. The first kappa shape index (κ1) is 14.3. The van der Waals surface area contributed by atoms with E-state index in [0.29, 0.717) is 5.69 Å². The highest BCUT2D eigenvalue weighted by Crippen LogP contribution is 2.16. The highest BCUT2D eigenvalue weighted by Gasteiger charge is 2.20. The average molecular weight is 282 g/mol. The maximum atomic E-state index is 12.1. The second-order valence-electron chi connectivity index (χ2n) is 5.41. The molecule has 0 saturated carbocycles. The van der Waals surface area contributed by atoms with Gasteiger partial charge in [-0.15, -0.1) is 0 Å². The summed E-state index contributed by atoms with van der Waals surface area (Å²) in [6, 6.07) is 5.83. The van der Waals surface area contributed by atoms with Crippen LogP contribution in [0.15, 0.2) is 18.2 Å². The number of anilines is 1. The summed E-state index contributed by atoms with van der Waals surface area (Å²) in [5.41, 5.74) is 2.79. The van der Waals surface area contributed by atoms with Crippen molar-refractivity contribution in [1.82, 2.24) is 5.32 Å². The summed E-state index contributed by atoms with van der Waals surface area (Å²) in [5.74, 6) is 0.153. The molecule has 1 fully saturated rings. The Morgan fingerprint density at radius 2 is 1.89 bits per heavy atom. The molecule has 1 saturated heterocycles. The molecule has 2 N–H and O–H groups in total. The Kier molecular flexibility index (Phi) is 4.47. The molecule has 4 nitrogen and oxygen atoms in total. The summed E-state index contributed by atoms with van der Waals surface area (Å²) in [7, 11) is -3.28. The summed E-state index contributed by atoms with van der Waals surface area (Å²) in [6.07, 6.45) is 3.19. The summed E-state index contributed by atoms with van der Waals surface area (Å²) in [4.78, 5) is 0. The zero-order chi connectivity index (χ0) is 13.9. The predicted octanol–water partition coefficient (Wildman–Crippen LogP) is 2.19. The van der Waals surface area contributed by atoms with Gasteiger partial charge in [-0.25, -0.2) is 8.42 Å². The van der Waals surface area contributed by atoms with E-state index in [2.05, 4.69) is 10.0 Å². The van der Waals surface area contributed by atoms with Gasteiger partial charge in [0.15, 0.2) is 0 Å². The second kappa shape index (κ2) is 5.92. The van der Waals surface area contributed by atoms with Crippen molar-refractivity contribution in [3.63, 3.8) is 0 Å². The van der Waals surface area contributed by atoms with Crippen LogP contribution in [0.25, 0.3) is 0 Å². The van der Waals surface area contributed by atoms with Crippen molar-refractivity contribution < 1.29 is 8.42 Å². The lowest BCUT2D eigenvalue weighted by Gasteiger charge is -2.23. The van der Waals surface area contributed by atoms with Gasteiger partial charge in [0.2, 0.25) is 10.0 Å². The molecule has 106 valence electrons. The maximum Gasteiger partial charge on any atom is 0.234 e. The molecule has 1 heterocycles. The van der Waals surface area contributed by atoms with E-state index in [1.165, 1.54) is 0 Å². The highest BCUT2D eigenvalue weighted by atomic mass is 32.2. The van der Waals surface area contributed by atoms with Crippen LogP contribution in [0, 0.1) is 13.8 Å². The van der Waals surface area contributed by atoms with Crippen LogP contribution in [0.4, 0.5) is 5.69 Å². The molecule has 0 amide bonds. The van der Waals surface area contributed by atoms with Crippen LogP contribution >= 0.6 is 0 Å². The van der Waals surface area contributed by atoms with Crippen LogP contribution in [0.2, 0.25) is 0 Å². The predicted molar refractivity (Wildman–Crippen MR) is 79.0 cm³/mol. The monoisotopic (exact) mass is 282 g/mol. The van der Waals surface area contributed by atoms with Gasteiger partial charge in [-0.3, -0.25) is 4.72 Å². The quantitative estimate of drug-likeness (QED) is 0.890. The molecule has 0 aliphatic carbocycles. The number of piperidine rings is 1. The third-order valence-corrected chi connectivity index (χ3v) is 4.72. The van der Waals surface area contributed by atoms with Gasteiger partial charge in [0.1, 0.15) is 0 Å². The fourth-order valence-electron chi connectivity index (χ4n) is 2.59. The molecule has 1 aliphatic rings. The van der Waals surface area contributed by atoms with Gasteiger partial charge in [0, 0.05) is 11.7 Å². The van der Waals surface area contributed by atoms with E-state index >= 15 is 0 Å². The Balaban J connectivity index is 2.03. The molecule has 0 spiro atoms. The van der Waals surface area contributed by atoms with Crippen LogP contribution in [0.1, 0.15) is 30.4 Å². The second-order valence-corrected chi connectivity index (χ2v) is 7.17. The zero-order valence-corrected chi connectivity index (χ0v) is 12.4. The standard InChI is InChI=1S/C14H22N2O2S/c1-11-7-12(2)9-14(8-11)16-19(17,18)10-13-5-3-4-6-15-13/h7-9,13,15-16H,3-6,10H2,1-2H3. The smallest absolute Gasteiger partial charge is 0.234 e. The molecule has 19 heavy (non-hydrogen) atoms. The fraction of sp³-hybridized carbons (Fsp3) is 0.571. The number of benzene rings is 1. The maximum absolute atomic E-state index is 12.1. The van der Waals surface area contributed by atoms with Crippen LogP contribution in [-0.4, -0.2) is 26.8 Å². The first-order chi connectivity index (χ1) is 8.94. The number of hydrogen-bond acceptors (Lipinski definition) is 3. The lowest BCUT2D eigenvalue weighted by atomic mass is 10.1. The molecule has 0 bridgehead atoms.